The molecule has 2 aromatic rings. The molecule has 0 saturated carbocycles. The Bertz CT molecular complexity index is 805. The summed E-state index contributed by atoms with van der Waals surface area (Å²) in [5.41, 5.74) is 1.72. The first-order chi connectivity index (χ1) is 13.0. The summed E-state index contributed by atoms with van der Waals surface area (Å²) in [6.07, 6.45) is 0. The maximum absolute atomic E-state index is 12.0. The van der Waals surface area contributed by atoms with E-state index in [4.69, 9.17) is 19.3 Å². The van der Waals surface area contributed by atoms with Crippen molar-refractivity contribution in [3.63, 3.8) is 0 Å². The molecule has 2 amide bonds. The molecule has 3 N–H and O–H groups in total. The number of rotatable bonds is 8. The van der Waals surface area contributed by atoms with Crippen LogP contribution >= 0.6 is 0 Å². The van der Waals surface area contributed by atoms with Gasteiger partial charge in [-0.25, -0.2) is 9.59 Å². The minimum atomic E-state index is -0.990. The van der Waals surface area contributed by atoms with Crippen LogP contribution in [0.25, 0.3) is 0 Å². The standard InChI is InChI=1S/C19H22N2O6/c1-25-15-9-8-14(16(26-2)17(15)27-3)11-21-19(24)20-10-12-4-6-13(7-5-12)18(22)23/h4-9H,10-11H2,1-3H3,(H,22,23)(H2,20,21,24). The highest BCUT2D eigenvalue weighted by Gasteiger charge is 2.16. The van der Waals surface area contributed by atoms with Gasteiger partial charge in [-0.1, -0.05) is 12.1 Å². The molecule has 8 nitrogen and oxygen atoms in total. The second kappa shape index (κ2) is 9.33. The van der Waals surface area contributed by atoms with Crippen LogP contribution in [-0.4, -0.2) is 38.4 Å². The van der Waals surface area contributed by atoms with Crippen molar-refractivity contribution < 1.29 is 28.9 Å². The molecular weight excluding hydrogens is 352 g/mol. The predicted molar refractivity (Wildman–Crippen MR) is 98.6 cm³/mol. The molecule has 0 unspecified atom stereocenters. The Morgan fingerprint density at radius 3 is 2.04 bits per heavy atom. The molecule has 0 radical (unpaired) electrons. The van der Waals surface area contributed by atoms with Crippen LogP contribution in [-0.2, 0) is 13.1 Å². The largest absolute Gasteiger partial charge is 0.493 e. The van der Waals surface area contributed by atoms with E-state index in [9.17, 15) is 9.59 Å². The molecule has 27 heavy (non-hydrogen) atoms. The van der Waals surface area contributed by atoms with Gasteiger partial charge in [-0.3, -0.25) is 0 Å². The number of amides is 2. The summed E-state index contributed by atoms with van der Waals surface area (Å²) in [5, 5.41) is 14.3. The summed E-state index contributed by atoms with van der Waals surface area (Å²) >= 11 is 0. The van der Waals surface area contributed by atoms with E-state index in [-0.39, 0.29) is 24.7 Å². The third-order valence-electron chi connectivity index (χ3n) is 3.88. The first kappa shape index (κ1) is 19.9. The fourth-order valence-corrected chi connectivity index (χ4v) is 2.49. The lowest BCUT2D eigenvalue weighted by Gasteiger charge is -2.16. The van der Waals surface area contributed by atoms with Crippen molar-refractivity contribution in [1.29, 1.82) is 0 Å². The number of aromatic carboxylic acids is 1. The lowest BCUT2D eigenvalue weighted by atomic mass is 10.1. The Labute approximate surface area is 157 Å². The van der Waals surface area contributed by atoms with Gasteiger partial charge in [0, 0.05) is 18.7 Å². The van der Waals surface area contributed by atoms with Crippen LogP contribution in [0.1, 0.15) is 21.5 Å². The molecule has 0 aliphatic rings. The number of carbonyl (C=O) groups is 2. The number of benzene rings is 2. The summed E-state index contributed by atoms with van der Waals surface area (Å²) in [6, 6.07) is 9.44. The second-order valence-corrected chi connectivity index (χ2v) is 5.53. The fraction of sp³-hybridized carbons (Fsp3) is 0.263. The minimum absolute atomic E-state index is 0.198. The van der Waals surface area contributed by atoms with Crippen LogP contribution in [0.5, 0.6) is 17.2 Å². The average Bonchev–Trinajstić information content (AvgIpc) is 2.69. The third-order valence-corrected chi connectivity index (χ3v) is 3.88. The van der Waals surface area contributed by atoms with Gasteiger partial charge >= 0.3 is 12.0 Å². The van der Waals surface area contributed by atoms with E-state index in [1.54, 1.807) is 24.3 Å². The summed E-state index contributed by atoms with van der Waals surface area (Å²) < 4.78 is 15.9. The van der Waals surface area contributed by atoms with Gasteiger partial charge in [0.1, 0.15) is 0 Å². The third kappa shape index (κ3) is 5.04. The van der Waals surface area contributed by atoms with Crippen molar-refractivity contribution in [1.82, 2.24) is 10.6 Å². The van der Waals surface area contributed by atoms with Crippen molar-refractivity contribution in [2.24, 2.45) is 0 Å². The van der Waals surface area contributed by atoms with Crippen molar-refractivity contribution in [2.75, 3.05) is 21.3 Å². The van der Waals surface area contributed by atoms with Crippen LogP contribution in [0.15, 0.2) is 36.4 Å². The highest BCUT2D eigenvalue weighted by molar-refractivity contribution is 5.87. The molecule has 0 aliphatic carbocycles. The molecule has 0 saturated heterocycles. The molecular formula is C19H22N2O6. The highest BCUT2D eigenvalue weighted by Crippen LogP contribution is 2.39. The van der Waals surface area contributed by atoms with E-state index in [1.165, 1.54) is 33.5 Å². The lowest BCUT2D eigenvalue weighted by molar-refractivity contribution is 0.0697. The van der Waals surface area contributed by atoms with Gasteiger partial charge in [-0.05, 0) is 29.8 Å². The van der Waals surface area contributed by atoms with E-state index in [0.29, 0.717) is 17.2 Å². The van der Waals surface area contributed by atoms with Crippen molar-refractivity contribution in [2.45, 2.75) is 13.1 Å². The maximum atomic E-state index is 12.0. The van der Waals surface area contributed by atoms with Crippen molar-refractivity contribution >= 4 is 12.0 Å². The molecule has 0 aliphatic heterocycles. The molecule has 0 heterocycles. The van der Waals surface area contributed by atoms with Crippen molar-refractivity contribution in [3.05, 3.63) is 53.1 Å². The maximum Gasteiger partial charge on any atom is 0.335 e. The Kier molecular flexibility index (Phi) is 6.87. The molecule has 0 aromatic heterocycles. The number of hydrogen-bond acceptors (Lipinski definition) is 5. The van der Waals surface area contributed by atoms with Gasteiger partial charge < -0.3 is 30.0 Å². The molecule has 144 valence electrons. The SMILES string of the molecule is COc1ccc(CNC(=O)NCc2ccc(C(=O)O)cc2)c(OC)c1OC. The van der Waals surface area contributed by atoms with Gasteiger partial charge in [-0.2, -0.15) is 0 Å². The van der Waals surface area contributed by atoms with E-state index >= 15 is 0 Å². The van der Waals surface area contributed by atoms with E-state index in [1.807, 2.05) is 0 Å². The molecule has 0 atom stereocenters. The zero-order valence-corrected chi connectivity index (χ0v) is 15.4. The normalized spacial score (nSPS) is 10.0. The second-order valence-electron chi connectivity index (χ2n) is 5.53. The number of urea groups is 1. The Balaban J connectivity index is 1.94. The average molecular weight is 374 g/mol. The number of carboxylic acids is 1. The van der Waals surface area contributed by atoms with E-state index in [2.05, 4.69) is 10.6 Å². The number of methoxy groups -OCH3 is 3. The molecule has 8 heteroatoms. The zero-order valence-electron chi connectivity index (χ0n) is 15.4. The van der Waals surface area contributed by atoms with Gasteiger partial charge in [0.2, 0.25) is 5.75 Å². The number of nitrogens with one attached hydrogen (secondary N) is 2. The monoisotopic (exact) mass is 374 g/mol. The van der Waals surface area contributed by atoms with Crippen LogP contribution in [0.2, 0.25) is 0 Å². The molecule has 0 bridgehead atoms. The zero-order chi connectivity index (χ0) is 19.8. The number of carbonyl (C=O) groups excluding carboxylic acids is 1. The van der Waals surface area contributed by atoms with Crippen LogP contribution in [0.3, 0.4) is 0 Å². The Morgan fingerprint density at radius 2 is 1.48 bits per heavy atom. The van der Waals surface area contributed by atoms with Crippen molar-refractivity contribution in [3.8, 4) is 17.2 Å². The number of carboxylic acid groups (broad SMARTS) is 1. The van der Waals surface area contributed by atoms with E-state index in [0.717, 1.165) is 11.1 Å². The lowest BCUT2D eigenvalue weighted by Crippen LogP contribution is -2.34. The van der Waals surface area contributed by atoms with Gasteiger partial charge in [0.15, 0.2) is 11.5 Å². The molecule has 2 aromatic carbocycles. The first-order valence-corrected chi connectivity index (χ1v) is 8.12. The topological polar surface area (TPSA) is 106 Å². The summed E-state index contributed by atoms with van der Waals surface area (Å²) in [4.78, 5) is 22.9. The Morgan fingerprint density at radius 1 is 0.852 bits per heavy atom. The van der Waals surface area contributed by atoms with Crippen LogP contribution in [0, 0.1) is 0 Å². The summed E-state index contributed by atoms with van der Waals surface area (Å²) in [7, 11) is 4.56. The summed E-state index contributed by atoms with van der Waals surface area (Å²) in [5.74, 6) is 0.489. The van der Waals surface area contributed by atoms with Crippen LogP contribution in [0.4, 0.5) is 4.79 Å². The van der Waals surface area contributed by atoms with Gasteiger partial charge in [-0.15, -0.1) is 0 Å². The first-order valence-electron chi connectivity index (χ1n) is 8.12. The van der Waals surface area contributed by atoms with E-state index < -0.39 is 5.97 Å². The number of hydrogen-bond donors (Lipinski definition) is 3. The smallest absolute Gasteiger partial charge is 0.335 e. The fourth-order valence-electron chi connectivity index (χ4n) is 2.49. The summed E-state index contributed by atoms with van der Waals surface area (Å²) in [6.45, 7) is 0.502. The molecule has 0 spiro atoms. The quantitative estimate of drug-likeness (QED) is 0.655. The predicted octanol–water partition coefficient (Wildman–Crippen LogP) is 2.41. The molecule has 0 fully saturated rings. The van der Waals surface area contributed by atoms with Crippen LogP contribution < -0.4 is 24.8 Å². The van der Waals surface area contributed by atoms with Gasteiger partial charge in [0.25, 0.3) is 0 Å². The van der Waals surface area contributed by atoms with Gasteiger partial charge in [0.05, 0.1) is 26.9 Å². The minimum Gasteiger partial charge on any atom is -0.493 e. The molecule has 2 rings (SSSR count). The Hall–Kier alpha value is -3.42. The number of ether oxygens (including phenoxy) is 3. The highest BCUT2D eigenvalue weighted by atomic mass is 16.5.